The lowest BCUT2D eigenvalue weighted by atomic mass is 10.1. The average molecular weight is 196 g/mol. The quantitative estimate of drug-likeness (QED) is 0.556. The molecular formula is C10H16N2O2. The molecule has 1 aromatic carbocycles. The summed E-state index contributed by atoms with van der Waals surface area (Å²) in [7, 11) is 3.27. The van der Waals surface area contributed by atoms with Crippen LogP contribution in [0, 0.1) is 6.92 Å². The summed E-state index contributed by atoms with van der Waals surface area (Å²) in [6.45, 7) is 2.58. The van der Waals surface area contributed by atoms with Gasteiger partial charge in [-0.15, -0.1) is 0 Å². The van der Waals surface area contributed by atoms with Gasteiger partial charge in [0.05, 0.1) is 14.2 Å². The average Bonchev–Trinajstić information content (AvgIpc) is 2.20. The fraction of sp³-hybridized carbons (Fsp3) is 0.400. The summed E-state index contributed by atoms with van der Waals surface area (Å²) in [5.74, 6) is 6.87. The van der Waals surface area contributed by atoms with Gasteiger partial charge < -0.3 is 9.47 Å². The fourth-order valence-electron chi connectivity index (χ4n) is 1.38. The van der Waals surface area contributed by atoms with Crippen molar-refractivity contribution >= 4 is 0 Å². The van der Waals surface area contributed by atoms with E-state index in [-0.39, 0.29) is 0 Å². The van der Waals surface area contributed by atoms with E-state index in [0.29, 0.717) is 6.54 Å². The topological polar surface area (TPSA) is 56.5 Å². The van der Waals surface area contributed by atoms with E-state index in [2.05, 4.69) is 5.43 Å². The molecule has 0 fully saturated rings. The summed E-state index contributed by atoms with van der Waals surface area (Å²) in [5.41, 5.74) is 4.76. The maximum Gasteiger partial charge on any atom is 0.127 e. The number of ether oxygens (including phenoxy) is 2. The first-order valence-corrected chi connectivity index (χ1v) is 4.38. The molecule has 0 aromatic heterocycles. The summed E-state index contributed by atoms with van der Waals surface area (Å²) >= 11 is 0. The number of nitrogens with two attached hydrogens (primary N) is 1. The van der Waals surface area contributed by atoms with Crippen molar-refractivity contribution in [2.75, 3.05) is 14.2 Å². The Morgan fingerprint density at radius 2 is 2.00 bits per heavy atom. The van der Waals surface area contributed by atoms with E-state index in [9.17, 15) is 0 Å². The molecule has 78 valence electrons. The summed E-state index contributed by atoms with van der Waals surface area (Å²) in [4.78, 5) is 0. The van der Waals surface area contributed by atoms with Crippen LogP contribution in [0.15, 0.2) is 12.1 Å². The van der Waals surface area contributed by atoms with E-state index in [1.54, 1.807) is 14.2 Å². The van der Waals surface area contributed by atoms with Gasteiger partial charge in [-0.05, 0) is 18.6 Å². The Hall–Kier alpha value is -1.26. The van der Waals surface area contributed by atoms with Gasteiger partial charge in [-0.2, -0.15) is 0 Å². The predicted molar refractivity (Wildman–Crippen MR) is 55.3 cm³/mol. The molecule has 3 N–H and O–H groups in total. The van der Waals surface area contributed by atoms with Gasteiger partial charge >= 0.3 is 0 Å². The van der Waals surface area contributed by atoms with Gasteiger partial charge in [0.1, 0.15) is 11.5 Å². The van der Waals surface area contributed by atoms with Gasteiger partial charge in [0.2, 0.25) is 0 Å². The molecule has 0 amide bonds. The van der Waals surface area contributed by atoms with Crippen LogP contribution in [0.1, 0.15) is 11.1 Å². The van der Waals surface area contributed by atoms with Gasteiger partial charge in [-0.25, -0.2) is 0 Å². The zero-order valence-corrected chi connectivity index (χ0v) is 8.76. The van der Waals surface area contributed by atoms with Gasteiger partial charge in [0, 0.05) is 18.2 Å². The van der Waals surface area contributed by atoms with Crippen LogP contribution in [0.25, 0.3) is 0 Å². The molecule has 1 rings (SSSR count). The Labute approximate surface area is 84.0 Å². The molecule has 0 spiro atoms. The number of aryl methyl sites for hydroxylation is 1. The van der Waals surface area contributed by atoms with Crippen LogP contribution in [0.4, 0.5) is 0 Å². The Balaban J connectivity index is 3.13. The first-order chi connectivity index (χ1) is 6.72. The van der Waals surface area contributed by atoms with E-state index in [0.717, 1.165) is 22.6 Å². The van der Waals surface area contributed by atoms with Crippen molar-refractivity contribution in [1.29, 1.82) is 0 Å². The van der Waals surface area contributed by atoms with Gasteiger partial charge in [0.25, 0.3) is 0 Å². The van der Waals surface area contributed by atoms with Crippen LogP contribution in [-0.2, 0) is 6.54 Å². The number of nitrogens with one attached hydrogen (secondary N) is 1. The molecule has 0 aliphatic heterocycles. The normalized spacial score (nSPS) is 10.0. The summed E-state index contributed by atoms with van der Waals surface area (Å²) < 4.78 is 10.4. The van der Waals surface area contributed by atoms with Gasteiger partial charge in [-0.1, -0.05) is 0 Å². The Morgan fingerprint density at radius 1 is 1.29 bits per heavy atom. The second kappa shape index (κ2) is 4.83. The highest BCUT2D eigenvalue weighted by Gasteiger charge is 2.08. The number of hydrogen-bond acceptors (Lipinski definition) is 4. The van der Waals surface area contributed by atoms with Crippen LogP contribution in [0.2, 0.25) is 0 Å². The second-order valence-electron chi connectivity index (χ2n) is 3.01. The molecule has 0 saturated carbocycles. The van der Waals surface area contributed by atoms with Gasteiger partial charge in [0.15, 0.2) is 0 Å². The van der Waals surface area contributed by atoms with Crippen molar-refractivity contribution in [2.45, 2.75) is 13.5 Å². The van der Waals surface area contributed by atoms with Crippen molar-refractivity contribution in [2.24, 2.45) is 5.84 Å². The van der Waals surface area contributed by atoms with Crippen molar-refractivity contribution in [3.63, 3.8) is 0 Å². The number of rotatable bonds is 4. The SMILES string of the molecule is COc1cc(C)c(CNN)c(OC)c1. The zero-order valence-electron chi connectivity index (χ0n) is 8.76. The van der Waals surface area contributed by atoms with Crippen molar-refractivity contribution in [3.05, 3.63) is 23.3 Å². The lowest BCUT2D eigenvalue weighted by Gasteiger charge is -2.13. The highest BCUT2D eigenvalue weighted by molar-refractivity contribution is 5.46. The highest BCUT2D eigenvalue weighted by Crippen LogP contribution is 2.27. The first kappa shape index (κ1) is 10.8. The maximum atomic E-state index is 5.29. The molecular weight excluding hydrogens is 180 g/mol. The summed E-state index contributed by atoms with van der Waals surface area (Å²) in [6, 6.07) is 3.80. The van der Waals surface area contributed by atoms with Crippen LogP contribution in [0.5, 0.6) is 11.5 Å². The molecule has 0 aliphatic rings. The first-order valence-electron chi connectivity index (χ1n) is 4.38. The Kier molecular flexibility index (Phi) is 3.73. The molecule has 0 aliphatic carbocycles. The standard InChI is InChI=1S/C10H16N2O2/c1-7-4-8(13-2)5-10(14-3)9(7)6-12-11/h4-5,12H,6,11H2,1-3H3. The molecule has 0 bridgehead atoms. The second-order valence-corrected chi connectivity index (χ2v) is 3.01. The van der Waals surface area contributed by atoms with Crippen molar-refractivity contribution in [1.82, 2.24) is 5.43 Å². The lowest BCUT2D eigenvalue weighted by molar-refractivity contribution is 0.389. The minimum absolute atomic E-state index is 0.582. The Morgan fingerprint density at radius 3 is 2.50 bits per heavy atom. The molecule has 0 unspecified atom stereocenters. The molecule has 0 heterocycles. The smallest absolute Gasteiger partial charge is 0.127 e. The summed E-state index contributed by atoms with van der Waals surface area (Å²) in [5, 5.41) is 0. The number of benzene rings is 1. The third-order valence-corrected chi connectivity index (χ3v) is 2.14. The number of hydrogen-bond donors (Lipinski definition) is 2. The summed E-state index contributed by atoms with van der Waals surface area (Å²) in [6.07, 6.45) is 0. The van der Waals surface area contributed by atoms with Crippen molar-refractivity contribution in [3.8, 4) is 11.5 Å². The van der Waals surface area contributed by atoms with E-state index in [1.807, 2.05) is 19.1 Å². The minimum atomic E-state index is 0.582. The number of methoxy groups -OCH3 is 2. The van der Waals surface area contributed by atoms with Crippen LogP contribution in [0.3, 0.4) is 0 Å². The largest absolute Gasteiger partial charge is 0.497 e. The molecule has 0 atom stereocenters. The molecule has 1 aromatic rings. The minimum Gasteiger partial charge on any atom is -0.497 e. The lowest BCUT2D eigenvalue weighted by Crippen LogP contribution is -2.21. The van der Waals surface area contributed by atoms with Crippen LogP contribution < -0.4 is 20.7 Å². The monoisotopic (exact) mass is 196 g/mol. The fourth-order valence-corrected chi connectivity index (χ4v) is 1.38. The third-order valence-electron chi connectivity index (χ3n) is 2.14. The van der Waals surface area contributed by atoms with E-state index in [1.165, 1.54) is 0 Å². The molecule has 4 nitrogen and oxygen atoms in total. The van der Waals surface area contributed by atoms with Crippen LogP contribution >= 0.6 is 0 Å². The highest BCUT2D eigenvalue weighted by atomic mass is 16.5. The van der Waals surface area contributed by atoms with E-state index in [4.69, 9.17) is 15.3 Å². The maximum absolute atomic E-state index is 5.29. The van der Waals surface area contributed by atoms with Gasteiger partial charge in [-0.3, -0.25) is 11.3 Å². The number of hydrazine groups is 1. The zero-order chi connectivity index (χ0) is 10.6. The van der Waals surface area contributed by atoms with E-state index >= 15 is 0 Å². The molecule has 0 saturated heterocycles. The predicted octanol–water partition coefficient (Wildman–Crippen LogP) is 0.976. The molecule has 0 radical (unpaired) electrons. The Bertz CT molecular complexity index is 313. The van der Waals surface area contributed by atoms with Crippen molar-refractivity contribution < 1.29 is 9.47 Å². The van der Waals surface area contributed by atoms with Crippen LogP contribution in [-0.4, -0.2) is 14.2 Å². The molecule has 4 heteroatoms. The third kappa shape index (κ3) is 2.16. The molecule has 14 heavy (non-hydrogen) atoms. The van der Waals surface area contributed by atoms with E-state index < -0.39 is 0 Å².